The van der Waals surface area contributed by atoms with E-state index in [4.69, 9.17) is 0 Å². The number of piperidine rings is 3. The first-order valence-electron chi connectivity index (χ1n) is 9.44. The van der Waals surface area contributed by atoms with Crippen LogP contribution in [0.2, 0.25) is 0 Å². The monoisotopic (exact) mass is 293 g/mol. The molecule has 3 heterocycles. The second-order valence-corrected chi connectivity index (χ2v) is 7.83. The highest BCUT2D eigenvalue weighted by Gasteiger charge is 2.38. The summed E-state index contributed by atoms with van der Waals surface area (Å²) in [6, 6.07) is 2.55. The Balaban J connectivity index is 1.56. The minimum Gasteiger partial charge on any atom is -0.314 e. The number of nitrogens with zero attached hydrogens (tertiary/aromatic N) is 2. The van der Waals surface area contributed by atoms with E-state index in [0.29, 0.717) is 0 Å². The smallest absolute Gasteiger partial charge is 0.0113 e. The number of nitrogens with one attached hydrogen (secondary N) is 1. The van der Waals surface area contributed by atoms with Crippen LogP contribution < -0.4 is 5.32 Å². The normalized spacial score (nSPS) is 38.6. The largest absolute Gasteiger partial charge is 0.314 e. The van der Waals surface area contributed by atoms with Crippen LogP contribution in [0.25, 0.3) is 0 Å². The third-order valence-corrected chi connectivity index (χ3v) is 6.00. The predicted molar refractivity (Wildman–Crippen MR) is 89.7 cm³/mol. The third-order valence-electron chi connectivity index (χ3n) is 6.00. The lowest BCUT2D eigenvalue weighted by Gasteiger charge is -2.50. The Bertz CT molecular complexity index is 306. The van der Waals surface area contributed by atoms with E-state index in [0.717, 1.165) is 24.0 Å². The lowest BCUT2D eigenvalue weighted by molar-refractivity contribution is 0.00338. The Kier molecular flexibility index (Phi) is 5.58. The van der Waals surface area contributed by atoms with Gasteiger partial charge in [-0.05, 0) is 71.0 Å². The molecule has 0 aliphatic carbocycles. The van der Waals surface area contributed by atoms with Gasteiger partial charge in [-0.15, -0.1) is 0 Å². The molecule has 0 aromatic carbocycles. The van der Waals surface area contributed by atoms with Crippen LogP contribution in [0, 0.1) is 5.92 Å². The summed E-state index contributed by atoms with van der Waals surface area (Å²) in [5, 5.41) is 3.80. The Morgan fingerprint density at radius 3 is 2.48 bits per heavy atom. The highest BCUT2D eigenvalue weighted by Crippen LogP contribution is 2.35. The molecule has 0 spiro atoms. The molecule has 21 heavy (non-hydrogen) atoms. The van der Waals surface area contributed by atoms with Crippen molar-refractivity contribution in [3.8, 4) is 0 Å². The number of rotatable bonds is 5. The van der Waals surface area contributed by atoms with Gasteiger partial charge in [0.15, 0.2) is 0 Å². The first-order chi connectivity index (χ1) is 10.3. The molecule has 1 N–H and O–H groups in total. The SMILES string of the molecule is CCCNC1CC2CCCC(C1)N2CC1CCCN(C)C1. The van der Waals surface area contributed by atoms with Crippen LogP contribution in [0.5, 0.6) is 0 Å². The highest BCUT2D eigenvalue weighted by atomic mass is 15.2. The molecule has 0 aromatic heterocycles. The summed E-state index contributed by atoms with van der Waals surface area (Å²) in [4.78, 5) is 5.47. The quantitative estimate of drug-likeness (QED) is 0.841. The van der Waals surface area contributed by atoms with Crippen molar-refractivity contribution in [2.75, 3.05) is 33.2 Å². The molecule has 0 saturated carbocycles. The Labute approximate surface area is 131 Å². The molecule has 3 saturated heterocycles. The average molecular weight is 293 g/mol. The van der Waals surface area contributed by atoms with Gasteiger partial charge in [-0.3, -0.25) is 4.90 Å². The van der Waals surface area contributed by atoms with Crippen molar-refractivity contribution in [1.82, 2.24) is 15.1 Å². The van der Waals surface area contributed by atoms with Gasteiger partial charge in [0.2, 0.25) is 0 Å². The van der Waals surface area contributed by atoms with Gasteiger partial charge in [0, 0.05) is 31.2 Å². The van der Waals surface area contributed by atoms with Crippen LogP contribution in [0.15, 0.2) is 0 Å². The number of likely N-dealkylation sites (tertiary alicyclic amines) is 1. The molecule has 3 nitrogen and oxygen atoms in total. The molecule has 2 bridgehead atoms. The summed E-state index contributed by atoms with van der Waals surface area (Å²) < 4.78 is 0. The van der Waals surface area contributed by atoms with Crippen LogP contribution in [0.4, 0.5) is 0 Å². The zero-order valence-electron chi connectivity index (χ0n) is 14.2. The predicted octanol–water partition coefficient (Wildman–Crippen LogP) is 2.71. The topological polar surface area (TPSA) is 18.5 Å². The van der Waals surface area contributed by atoms with Crippen molar-refractivity contribution < 1.29 is 0 Å². The summed E-state index contributed by atoms with van der Waals surface area (Å²) >= 11 is 0. The van der Waals surface area contributed by atoms with Gasteiger partial charge in [-0.1, -0.05) is 13.3 Å². The Morgan fingerprint density at radius 2 is 1.81 bits per heavy atom. The summed E-state index contributed by atoms with van der Waals surface area (Å²) in [6.45, 7) is 7.50. The summed E-state index contributed by atoms with van der Waals surface area (Å²) in [7, 11) is 2.30. The van der Waals surface area contributed by atoms with Crippen molar-refractivity contribution in [1.29, 1.82) is 0 Å². The molecule has 3 unspecified atom stereocenters. The molecule has 0 aromatic rings. The van der Waals surface area contributed by atoms with E-state index in [1.54, 1.807) is 0 Å². The van der Waals surface area contributed by atoms with Crippen molar-refractivity contribution in [3.63, 3.8) is 0 Å². The van der Waals surface area contributed by atoms with E-state index >= 15 is 0 Å². The van der Waals surface area contributed by atoms with Gasteiger partial charge in [0.05, 0.1) is 0 Å². The fourth-order valence-electron chi connectivity index (χ4n) is 5.01. The van der Waals surface area contributed by atoms with E-state index in [1.165, 1.54) is 77.5 Å². The lowest BCUT2D eigenvalue weighted by Crippen LogP contribution is -2.58. The van der Waals surface area contributed by atoms with Gasteiger partial charge in [-0.25, -0.2) is 0 Å². The van der Waals surface area contributed by atoms with Crippen LogP contribution in [-0.2, 0) is 0 Å². The number of fused-ring (bicyclic) bond motifs is 2. The van der Waals surface area contributed by atoms with Gasteiger partial charge < -0.3 is 10.2 Å². The molecular weight excluding hydrogens is 258 g/mol. The highest BCUT2D eigenvalue weighted by molar-refractivity contribution is 4.96. The van der Waals surface area contributed by atoms with Crippen LogP contribution in [0.3, 0.4) is 0 Å². The maximum Gasteiger partial charge on any atom is 0.0113 e. The van der Waals surface area contributed by atoms with Gasteiger partial charge >= 0.3 is 0 Å². The number of hydrogen-bond acceptors (Lipinski definition) is 3. The van der Waals surface area contributed by atoms with E-state index in [2.05, 4.69) is 29.1 Å². The average Bonchev–Trinajstić information content (AvgIpc) is 2.45. The van der Waals surface area contributed by atoms with Crippen molar-refractivity contribution in [3.05, 3.63) is 0 Å². The van der Waals surface area contributed by atoms with Gasteiger partial charge in [-0.2, -0.15) is 0 Å². The fraction of sp³-hybridized carbons (Fsp3) is 1.00. The maximum atomic E-state index is 3.80. The van der Waals surface area contributed by atoms with Crippen molar-refractivity contribution in [2.45, 2.75) is 76.4 Å². The molecular formula is C18H35N3. The minimum absolute atomic E-state index is 0.797. The van der Waals surface area contributed by atoms with Crippen LogP contribution in [0.1, 0.15) is 58.3 Å². The minimum atomic E-state index is 0.797. The standard InChI is InChI=1S/C18H35N3/c1-3-9-19-16-11-17-7-4-8-18(12-16)21(17)14-15-6-5-10-20(2)13-15/h15-19H,3-14H2,1-2H3. The first-order valence-corrected chi connectivity index (χ1v) is 9.44. The summed E-state index contributed by atoms with van der Waals surface area (Å²) in [5.41, 5.74) is 0. The van der Waals surface area contributed by atoms with E-state index < -0.39 is 0 Å². The van der Waals surface area contributed by atoms with Gasteiger partial charge in [0.25, 0.3) is 0 Å². The molecule has 3 atom stereocenters. The zero-order valence-corrected chi connectivity index (χ0v) is 14.2. The molecule has 3 aliphatic heterocycles. The first kappa shape index (κ1) is 15.8. The van der Waals surface area contributed by atoms with Crippen molar-refractivity contribution >= 4 is 0 Å². The van der Waals surface area contributed by atoms with Crippen LogP contribution in [-0.4, -0.2) is 61.2 Å². The molecule has 122 valence electrons. The zero-order chi connectivity index (χ0) is 14.7. The fourth-order valence-corrected chi connectivity index (χ4v) is 5.01. The van der Waals surface area contributed by atoms with Gasteiger partial charge in [0.1, 0.15) is 0 Å². The Morgan fingerprint density at radius 1 is 1.05 bits per heavy atom. The maximum absolute atomic E-state index is 3.80. The summed E-state index contributed by atoms with van der Waals surface area (Å²) in [6.07, 6.45) is 11.3. The Hall–Kier alpha value is -0.120. The summed E-state index contributed by atoms with van der Waals surface area (Å²) in [5.74, 6) is 0.923. The van der Waals surface area contributed by atoms with Crippen LogP contribution >= 0.6 is 0 Å². The second-order valence-electron chi connectivity index (χ2n) is 7.83. The van der Waals surface area contributed by atoms with E-state index in [9.17, 15) is 0 Å². The molecule has 3 aliphatic rings. The lowest BCUT2D eigenvalue weighted by atomic mass is 9.80. The molecule has 3 heteroatoms. The van der Waals surface area contributed by atoms with Crippen molar-refractivity contribution in [2.24, 2.45) is 5.92 Å². The molecule has 3 rings (SSSR count). The molecule has 3 fully saturated rings. The van der Waals surface area contributed by atoms with E-state index in [1.807, 2.05) is 0 Å². The van der Waals surface area contributed by atoms with E-state index in [-0.39, 0.29) is 0 Å². The second kappa shape index (κ2) is 7.43. The number of hydrogen-bond donors (Lipinski definition) is 1. The molecule has 0 radical (unpaired) electrons. The third kappa shape index (κ3) is 4.00. The molecule has 0 amide bonds.